The van der Waals surface area contributed by atoms with Crippen LogP contribution in [0.5, 0.6) is 5.75 Å². The molecular formula is C19H20ClNO4. The maximum atomic E-state index is 12.7. The summed E-state index contributed by atoms with van der Waals surface area (Å²) >= 11 is 6.22. The molecule has 0 atom stereocenters. The predicted molar refractivity (Wildman–Crippen MR) is 97.9 cm³/mol. The summed E-state index contributed by atoms with van der Waals surface area (Å²) in [6.07, 6.45) is 0. The Hall–Kier alpha value is -2.53. The minimum Gasteiger partial charge on any atom is -0.496 e. The van der Waals surface area contributed by atoms with Gasteiger partial charge in [-0.25, -0.2) is 4.79 Å². The summed E-state index contributed by atoms with van der Waals surface area (Å²) in [5.41, 5.74) is 3.99. The van der Waals surface area contributed by atoms with E-state index >= 15 is 0 Å². The SMILES string of the molecule is COC(=O)c1cc(Cl)c(NC(=O)c2c(C)cc(C)cc2C)cc1OC. The van der Waals surface area contributed by atoms with Crippen molar-refractivity contribution in [3.63, 3.8) is 0 Å². The molecule has 5 nitrogen and oxygen atoms in total. The standard InChI is InChI=1S/C19H20ClNO4/c1-10-6-11(2)17(12(3)7-10)18(22)21-15-9-16(24-4)13(8-14(15)20)19(23)25-5/h6-9H,1-5H3,(H,21,22). The first-order valence-electron chi connectivity index (χ1n) is 7.63. The molecule has 2 rings (SSSR count). The van der Waals surface area contributed by atoms with E-state index < -0.39 is 5.97 Å². The fraction of sp³-hybridized carbons (Fsp3) is 0.263. The number of nitrogens with one attached hydrogen (secondary N) is 1. The molecule has 0 bridgehead atoms. The molecule has 1 amide bonds. The van der Waals surface area contributed by atoms with E-state index in [0.29, 0.717) is 11.3 Å². The van der Waals surface area contributed by atoms with E-state index in [2.05, 4.69) is 5.32 Å². The zero-order chi connectivity index (χ0) is 18.7. The van der Waals surface area contributed by atoms with Crippen molar-refractivity contribution in [3.05, 3.63) is 57.1 Å². The van der Waals surface area contributed by atoms with Crippen LogP contribution in [0.4, 0.5) is 5.69 Å². The highest BCUT2D eigenvalue weighted by Crippen LogP contribution is 2.32. The molecule has 132 valence electrons. The highest BCUT2D eigenvalue weighted by molar-refractivity contribution is 6.34. The number of hydrogen-bond acceptors (Lipinski definition) is 4. The molecule has 0 aromatic heterocycles. The van der Waals surface area contributed by atoms with Gasteiger partial charge in [0.15, 0.2) is 0 Å². The van der Waals surface area contributed by atoms with Crippen molar-refractivity contribution in [3.8, 4) is 5.75 Å². The number of benzene rings is 2. The van der Waals surface area contributed by atoms with Gasteiger partial charge in [0, 0.05) is 11.6 Å². The molecule has 2 aromatic rings. The highest BCUT2D eigenvalue weighted by atomic mass is 35.5. The van der Waals surface area contributed by atoms with Crippen LogP contribution in [-0.2, 0) is 4.74 Å². The minimum atomic E-state index is -0.568. The van der Waals surface area contributed by atoms with Crippen LogP contribution in [-0.4, -0.2) is 26.1 Å². The fourth-order valence-electron chi connectivity index (χ4n) is 2.81. The quantitative estimate of drug-likeness (QED) is 0.824. The Morgan fingerprint density at radius 2 is 1.60 bits per heavy atom. The zero-order valence-electron chi connectivity index (χ0n) is 14.8. The van der Waals surface area contributed by atoms with E-state index in [-0.39, 0.29) is 22.2 Å². The maximum absolute atomic E-state index is 12.7. The number of amides is 1. The molecule has 0 fully saturated rings. The van der Waals surface area contributed by atoms with Crippen LogP contribution in [0.15, 0.2) is 24.3 Å². The van der Waals surface area contributed by atoms with Crippen molar-refractivity contribution in [2.75, 3.05) is 19.5 Å². The van der Waals surface area contributed by atoms with Crippen LogP contribution >= 0.6 is 11.6 Å². The minimum absolute atomic E-state index is 0.190. The molecule has 0 heterocycles. The number of carbonyl (C=O) groups is 2. The third-order valence-corrected chi connectivity index (χ3v) is 4.16. The van der Waals surface area contributed by atoms with Crippen molar-refractivity contribution in [1.82, 2.24) is 0 Å². The summed E-state index contributed by atoms with van der Waals surface area (Å²) in [4.78, 5) is 24.5. The van der Waals surface area contributed by atoms with Crippen LogP contribution < -0.4 is 10.1 Å². The molecule has 0 saturated carbocycles. The summed E-state index contributed by atoms with van der Waals surface area (Å²) in [7, 11) is 2.70. The van der Waals surface area contributed by atoms with E-state index in [0.717, 1.165) is 16.7 Å². The van der Waals surface area contributed by atoms with E-state index in [1.54, 1.807) is 0 Å². The van der Waals surface area contributed by atoms with Gasteiger partial charge in [-0.15, -0.1) is 0 Å². The number of esters is 1. The van der Waals surface area contributed by atoms with Crippen molar-refractivity contribution in [2.24, 2.45) is 0 Å². The number of carbonyl (C=O) groups excluding carboxylic acids is 2. The van der Waals surface area contributed by atoms with Gasteiger partial charge in [0.2, 0.25) is 0 Å². The predicted octanol–water partition coefficient (Wildman–Crippen LogP) is 4.31. The topological polar surface area (TPSA) is 64.6 Å². The van der Waals surface area contributed by atoms with Gasteiger partial charge in [-0.3, -0.25) is 4.79 Å². The Morgan fingerprint density at radius 3 is 2.12 bits per heavy atom. The Balaban J connectivity index is 2.41. The average Bonchev–Trinajstić information content (AvgIpc) is 2.54. The van der Waals surface area contributed by atoms with Crippen molar-refractivity contribution >= 4 is 29.2 Å². The Labute approximate surface area is 151 Å². The number of hydrogen-bond donors (Lipinski definition) is 1. The van der Waals surface area contributed by atoms with Gasteiger partial charge in [-0.1, -0.05) is 29.3 Å². The summed E-state index contributed by atoms with van der Waals surface area (Å²) in [5, 5.41) is 3.00. The molecule has 0 spiro atoms. The number of ether oxygens (including phenoxy) is 2. The second-order valence-electron chi connectivity index (χ2n) is 5.75. The van der Waals surface area contributed by atoms with Crippen LogP contribution in [0.1, 0.15) is 37.4 Å². The first-order chi connectivity index (χ1) is 11.8. The zero-order valence-corrected chi connectivity index (χ0v) is 15.6. The number of anilines is 1. The van der Waals surface area contributed by atoms with E-state index in [1.807, 2.05) is 32.9 Å². The lowest BCUT2D eigenvalue weighted by Gasteiger charge is -2.15. The molecule has 6 heteroatoms. The lowest BCUT2D eigenvalue weighted by molar-refractivity contribution is 0.0597. The molecule has 1 N–H and O–H groups in total. The molecule has 0 saturated heterocycles. The third-order valence-electron chi connectivity index (χ3n) is 3.85. The van der Waals surface area contributed by atoms with Gasteiger partial charge in [0.25, 0.3) is 5.91 Å². The second kappa shape index (κ2) is 7.57. The molecule has 0 radical (unpaired) electrons. The van der Waals surface area contributed by atoms with E-state index in [4.69, 9.17) is 21.1 Å². The fourth-order valence-corrected chi connectivity index (χ4v) is 3.02. The number of methoxy groups -OCH3 is 2. The van der Waals surface area contributed by atoms with Gasteiger partial charge in [0.1, 0.15) is 11.3 Å². The average molecular weight is 362 g/mol. The van der Waals surface area contributed by atoms with Gasteiger partial charge in [-0.05, 0) is 38.0 Å². The third kappa shape index (κ3) is 3.94. The molecule has 25 heavy (non-hydrogen) atoms. The van der Waals surface area contributed by atoms with Crippen LogP contribution in [0.25, 0.3) is 0 Å². The van der Waals surface area contributed by atoms with Crippen LogP contribution in [0.2, 0.25) is 5.02 Å². The monoisotopic (exact) mass is 361 g/mol. The number of aryl methyl sites for hydroxylation is 3. The Kier molecular flexibility index (Phi) is 5.69. The molecular weight excluding hydrogens is 342 g/mol. The van der Waals surface area contributed by atoms with E-state index in [9.17, 15) is 9.59 Å². The maximum Gasteiger partial charge on any atom is 0.341 e. The van der Waals surface area contributed by atoms with Crippen molar-refractivity contribution in [1.29, 1.82) is 0 Å². The van der Waals surface area contributed by atoms with Gasteiger partial charge in [0.05, 0.1) is 24.9 Å². The lowest BCUT2D eigenvalue weighted by atomic mass is 9.99. The Morgan fingerprint density at radius 1 is 1.00 bits per heavy atom. The van der Waals surface area contributed by atoms with Crippen molar-refractivity contribution in [2.45, 2.75) is 20.8 Å². The smallest absolute Gasteiger partial charge is 0.341 e. The van der Waals surface area contributed by atoms with Gasteiger partial charge < -0.3 is 14.8 Å². The lowest BCUT2D eigenvalue weighted by Crippen LogP contribution is -2.16. The van der Waals surface area contributed by atoms with Gasteiger partial charge in [-0.2, -0.15) is 0 Å². The van der Waals surface area contributed by atoms with Crippen molar-refractivity contribution < 1.29 is 19.1 Å². The number of halogens is 1. The molecule has 0 aliphatic carbocycles. The first-order valence-corrected chi connectivity index (χ1v) is 8.01. The first kappa shape index (κ1) is 18.8. The largest absolute Gasteiger partial charge is 0.496 e. The second-order valence-corrected chi connectivity index (χ2v) is 6.16. The molecule has 0 aliphatic rings. The summed E-state index contributed by atoms with van der Waals surface area (Å²) < 4.78 is 9.91. The molecule has 0 unspecified atom stereocenters. The molecule has 0 aliphatic heterocycles. The number of rotatable bonds is 4. The summed E-state index contributed by atoms with van der Waals surface area (Å²) in [6, 6.07) is 6.82. The van der Waals surface area contributed by atoms with E-state index in [1.165, 1.54) is 26.4 Å². The Bertz CT molecular complexity index is 823. The summed E-state index contributed by atoms with van der Waals surface area (Å²) in [5.74, 6) is -0.574. The van der Waals surface area contributed by atoms with Crippen LogP contribution in [0, 0.1) is 20.8 Å². The van der Waals surface area contributed by atoms with Gasteiger partial charge >= 0.3 is 5.97 Å². The van der Waals surface area contributed by atoms with Crippen LogP contribution in [0.3, 0.4) is 0 Å². The molecule has 2 aromatic carbocycles. The highest BCUT2D eigenvalue weighted by Gasteiger charge is 2.19. The normalized spacial score (nSPS) is 10.3. The summed E-state index contributed by atoms with van der Waals surface area (Å²) in [6.45, 7) is 5.75.